The lowest BCUT2D eigenvalue weighted by molar-refractivity contribution is 1.50. The quantitative estimate of drug-likeness (QED) is 0.495. The van der Waals surface area contributed by atoms with Gasteiger partial charge in [-0.05, 0) is 12.1 Å². The van der Waals surface area contributed by atoms with Crippen LogP contribution in [0.4, 0.5) is 0 Å². The van der Waals surface area contributed by atoms with Gasteiger partial charge in [-0.25, -0.2) is 0 Å². The zero-order chi connectivity index (χ0) is 7.82. The van der Waals surface area contributed by atoms with Crippen LogP contribution >= 0.6 is 0 Å². The molecule has 0 fully saturated rings. The van der Waals surface area contributed by atoms with Gasteiger partial charge < -0.3 is 0 Å². The van der Waals surface area contributed by atoms with E-state index in [0.717, 1.165) is 5.56 Å². The molecule has 0 aliphatic heterocycles. The van der Waals surface area contributed by atoms with Crippen LogP contribution < -0.4 is 0 Å². The summed E-state index contributed by atoms with van der Waals surface area (Å²) in [7, 11) is 0. The summed E-state index contributed by atoms with van der Waals surface area (Å²) in [6.07, 6.45) is 5.10. The van der Waals surface area contributed by atoms with E-state index in [0.29, 0.717) is 0 Å². The third kappa shape index (κ3) is 5.24. The molecule has 0 bridgehead atoms. The number of terminal acetylenes is 1. The molecule has 60 valence electrons. The maximum atomic E-state index is 5.10. The van der Waals surface area contributed by atoms with Crippen molar-refractivity contribution in [3.63, 3.8) is 0 Å². The average molecular weight is 148 g/mol. The van der Waals surface area contributed by atoms with Crippen LogP contribution in [-0.2, 0) is 0 Å². The monoisotopic (exact) mass is 148 g/mol. The molecule has 1 aromatic rings. The SMILES string of the molecule is C.C#Cc1ccccc1.CC. The van der Waals surface area contributed by atoms with Gasteiger partial charge in [0.15, 0.2) is 0 Å². The lowest BCUT2D eigenvalue weighted by Crippen LogP contribution is -1.66. The lowest BCUT2D eigenvalue weighted by atomic mass is 10.2. The highest BCUT2D eigenvalue weighted by molar-refractivity contribution is 5.30. The second-order valence-corrected chi connectivity index (χ2v) is 1.51. The molecule has 0 atom stereocenters. The predicted molar refractivity (Wildman–Crippen MR) is 52.5 cm³/mol. The largest absolute Gasteiger partial charge is 0.115 e. The minimum Gasteiger partial charge on any atom is -0.115 e. The van der Waals surface area contributed by atoms with Crippen LogP contribution in [0.15, 0.2) is 30.3 Å². The molecule has 0 spiro atoms. The first-order valence-electron chi connectivity index (χ1n) is 3.45. The fourth-order valence-electron chi connectivity index (χ4n) is 0.534. The maximum absolute atomic E-state index is 5.10. The van der Waals surface area contributed by atoms with Gasteiger partial charge in [0.1, 0.15) is 0 Å². The molecule has 0 aromatic heterocycles. The average Bonchev–Trinajstić information content (AvgIpc) is 2.10. The highest BCUT2D eigenvalue weighted by Crippen LogP contribution is 1.92. The van der Waals surface area contributed by atoms with Crippen LogP contribution in [0.1, 0.15) is 26.8 Å². The minimum atomic E-state index is 0. The highest BCUT2D eigenvalue weighted by atomic mass is 13.8. The van der Waals surface area contributed by atoms with Crippen LogP contribution in [-0.4, -0.2) is 0 Å². The first kappa shape index (κ1) is 12.5. The van der Waals surface area contributed by atoms with Crippen molar-refractivity contribution >= 4 is 0 Å². The molecule has 1 aromatic carbocycles. The van der Waals surface area contributed by atoms with Gasteiger partial charge in [0.25, 0.3) is 0 Å². The molecule has 0 saturated carbocycles. The van der Waals surface area contributed by atoms with E-state index in [1.54, 1.807) is 0 Å². The van der Waals surface area contributed by atoms with E-state index in [4.69, 9.17) is 6.42 Å². The second-order valence-electron chi connectivity index (χ2n) is 1.51. The predicted octanol–water partition coefficient (Wildman–Crippen LogP) is 3.33. The van der Waals surface area contributed by atoms with E-state index in [-0.39, 0.29) is 7.43 Å². The van der Waals surface area contributed by atoms with Crippen molar-refractivity contribution in [1.29, 1.82) is 0 Å². The fourth-order valence-corrected chi connectivity index (χ4v) is 0.534. The van der Waals surface area contributed by atoms with Crippen molar-refractivity contribution < 1.29 is 0 Å². The molecule has 0 aliphatic rings. The Kier molecular flexibility index (Phi) is 9.94. The smallest absolute Gasteiger partial charge is 0.0242 e. The van der Waals surface area contributed by atoms with Crippen LogP contribution in [0, 0.1) is 12.3 Å². The summed E-state index contributed by atoms with van der Waals surface area (Å²) < 4.78 is 0. The van der Waals surface area contributed by atoms with Crippen molar-refractivity contribution in [3.8, 4) is 12.3 Å². The fraction of sp³-hybridized carbons (Fsp3) is 0.273. The molecule has 0 saturated heterocycles. The summed E-state index contributed by atoms with van der Waals surface area (Å²) in [4.78, 5) is 0. The van der Waals surface area contributed by atoms with E-state index < -0.39 is 0 Å². The number of rotatable bonds is 0. The number of hydrogen-bond acceptors (Lipinski definition) is 0. The molecule has 0 aliphatic carbocycles. The topological polar surface area (TPSA) is 0 Å². The summed E-state index contributed by atoms with van der Waals surface area (Å²) in [5.74, 6) is 2.53. The molecule has 1 rings (SSSR count). The summed E-state index contributed by atoms with van der Waals surface area (Å²) in [5.41, 5.74) is 0.938. The molecule has 0 nitrogen and oxygen atoms in total. The van der Waals surface area contributed by atoms with Crippen molar-refractivity contribution in [2.24, 2.45) is 0 Å². The van der Waals surface area contributed by atoms with Crippen molar-refractivity contribution in [1.82, 2.24) is 0 Å². The van der Waals surface area contributed by atoms with Crippen molar-refractivity contribution in [3.05, 3.63) is 35.9 Å². The van der Waals surface area contributed by atoms with Crippen LogP contribution in [0.3, 0.4) is 0 Å². The first-order chi connectivity index (χ1) is 4.93. The molecular weight excluding hydrogens is 132 g/mol. The minimum absolute atomic E-state index is 0. The molecule has 0 heteroatoms. The van der Waals surface area contributed by atoms with Gasteiger partial charge in [0.2, 0.25) is 0 Å². The van der Waals surface area contributed by atoms with Gasteiger partial charge in [-0.15, -0.1) is 6.42 Å². The Morgan fingerprint density at radius 3 is 1.82 bits per heavy atom. The molecule has 0 amide bonds. The Balaban J connectivity index is 0. The van der Waals surface area contributed by atoms with Crippen LogP contribution in [0.5, 0.6) is 0 Å². The third-order valence-corrected chi connectivity index (χ3v) is 0.940. The highest BCUT2D eigenvalue weighted by Gasteiger charge is 1.76. The van der Waals surface area contributed by atoms with Gasteiger partial charge in [-0.1, -0.05) is 45.4 Å². The van der Waals surface area contributed by atoms with Crippen LogP contribution in [0.2, 0.25) is 0 Å². The summed E-state index contributed by atoms with van der Waals surface area (Å²) >= 11 is 0. The Morgan fingerprint density at radius 2 is 1.55 bits per heavy atom. The van der Waals surface area contributed by atoms with E-state index >= 15 is 0 Å². The zero-order valence-corrected chi connectivity index (χ0v) is 6.46. The van der Waals surface area contributed by atoms with Gasteiger partial charge in [0, 0.05) is 5.56 Å². The maximum Gasteiger partial charge on any atom is 0.0242 e. The van der Waals surface area contributed by atoms with Gasteiger partial charge in [-0.3, -0.25) is 0 Å². The second kappa shape index (κ2) is 8.78. The third-order valence-electron chi connectivity index (χ3n) is 0.940. The Morgan fingerprint density at radius 1 is 1.09 bits per heavy atom. The van der Waals surface area contributed by atoms with Gasteiger partial charge >= 0.3 is 0 Å². The van der Waals surface area contributed by atoms with E-state index in [9.17, 15) is 0 Å². The Labute approximate surface area is 70.3 Å². The first-order valence-corrected chi connectivity index (χ1v) is 3.45. The van der Waals surface area contributed by atoms with Gasteiger partial charge in [-0.2, -0.15) is 0 Å². The standard InChI is InChI=1S/C8H6.C2H6.CH4/c1-2-8-6-4-3-5-7-8;1-2;/h1,3-7H;1-2H3;1H4. The van der Waals surface area contributed by atoms with E-state index in [1.165, 1.54) is 0 Å². The molecule has 0 unspecified atom stereocenters. The lowest BCUT2D eigenvalue weighted by Gasteiger charge is -1.82. The van der Waals surface area contributed by atoms with E-state index in [2.05, 4.69) is 5.92 Å². The van der Waals surface area contributed by atoms with Gasteiger partial charge in [0.05, 0.1) is 0 Å². The Bertz CT molecular complexity index is 191. The molecule has 0 N–H and O–H groups in total. The number of hydrogen-bond donors (Lipinski definition) is 0. The molecular formula is C11H16. The summed E-state index contributed by atoms with van der Waals surface area (Å²) in [5, 5.41) is 0. The molecule has 0 heterocycles. The number of benzene rings is 1. The molecule has 0 radical (unpaired) electrons. The summed E-state index contributed by atoms with van der Waals surface area (Å²) in [6, 6.07) is 9.60. The van der Waals surface area contributed by atoms with Crippen molar-refractivity contribution in [2.45, 2.75) is 21.3 Å². The Hall–Kier alpha value is -1.22. The van der Waals surface area contributed by atoms with Crippen LogP contribution in [0.25, 0.3) is 0 Å². The normalized spacial score (nSPS) is 6.27. The summed E-state index contributed by atoms with van der Waals surface area (Å²) in [6.45, 7) is 4.00. The van der Waals surface area contributed by atoms with Crippen molar-refractivity contribution in [2.75, 3.05) is 0 Å². The zero-order valence-electron chi connectivity index (χ0n) is 6.46. The molecule has 11 heavy (non-hydrogen) atoms. The van der Waals surface area contributed by atoms with E-state index in [1.807, 2.05) is 44.2 Å².